The van der Waals surface area contributed by atoms with Gasteiger partial charge in [0.25, 0.3) is 0 Å². The number of oxazole rings is 1. The maximum Gasteiger partial charge on any atom is 0.229 e. The van der Waals surface area contributed by atoms with Gasteiger partial charge in [0.2, 0.25) is 5.89 Å². The molecule has 5 heterocycles. The Bertz CT molecular complexity index is 1530. The van der Waals surface area contributed by atoms with Crippen molar-refractivity contribution in [2.45, 2.75) is 13.0 Å². The highest BCUT2D eigenvalue weighted by Crippen LogP contribution is 2.34. The van der Waals surface area contributed by atoms with Crippen LogP contribution in [0.25, 0.3) is 33.5 Å². The standard InChI is InChI=1S/C24H25N9O2/c1-14-13-33(8-9-34-14)15-4-5-19-18(10-15)27-24(35-19)17-12-26-23(25-2)22-16(17)11-21(29-30-22)28-20-6-7-32(3)31-20/h4-7,10-12,14H,8-9,13H2,1-3H3,(H,25,26)(H,28,29,31)/t14-/m0/s1. The first-order chi connectivity index (χ1) is 17.1. The van der Waals surface area contributed by atoms with E-state index in [1.807, 2.05) is 31.4 Å². The fourth-order valence-electron chi connectivity index (χ4n) is 4.34. The van der Waals surface area contributed by atoms with Gasteiger partial charge in [0, 0.05) is 56.7 Å². The number of hydrogen-bond donors (Lipinski definition) is 2. The van der Waals surface area contributed by atoms with E-state index in [-0.39, 0.29) is 6.10 Å². The summed E-state index contributed by atoms with van der Waals surface area (Å²) in [6.45, 7) is 4.51. The van der Waals surface area contributed by atoms with Crippen LogP contribution < -0.4 is 15.5 Å². The Morgan fingerprint density at radius 1 is 1.11 bits per heavy atom. The highest BCUT2D eigenvalue weighted by atomic mass is 16.5. The fourth-order valence-corrected chi connectivity index (χ4v) is 4.34. The van der Waals surface area contributed by atoms with E-state index in [0.29, 0.717) is 41.1 Å². The second-order valence-corrected chi connectivity index (χ2v) is 8.56. The first kappa shape index (κ1) is 21.3. The maximum atomic E-state index is 6.16. The van der Waals surface area contributed by atoms with Crippen LogP contribution in [-0.2, 0) is 11.8 Å². The summed E-state index contributed by atoms with van der Waals surface area (Å²) in [5, 5.41) is 20.2. The second kappa shape index (κ2) is 8.51. The summed E-state index contributed by atoms with van der Waals surface area (Å²) in [5.74, 6) is 2.34. The molecule has 5 aromatic rings. The first-order valence-electron chi connectivity index (χ1n) is 11.5. The molecule has 2 N–H and O–H groups in total. The quantitative estimate of drug-likeness (QED) is 0.394. The van der Waals surface area contributed by atoms with Crippen LogP contribution in [0.5, 0.6) is 0 Å². The summed E-state index contributed by atoms with van der Waals surface area (Å²) in [4.78, 5) is 11.6. The summed E-state index contributed by atoms with van der Waals surface area (Å²) in [7, 11) is 3.66. The zero-order valence-corrected chi connectivity index (χ0v) is 19.7. The minimum Gasteiger partial charge on any atom is -0.436 e. The van der Waals surface area contributed by atoms with Crippen molar-refractivity contribution in [2.24, 2.45) is 7.05 Å². The SMILES string of the molecule is CNc1ncc(-c2nc3cc(N4CCO[C@@H](C)C4)ccc3o2)c2cc(Nc3ccn(C)n3)nnc12. The number of anilines is 4. The van der Waals surface area contributed by atoms with Gasteiger partial charge in [0.1, 0.15) is 11.0 Å². The number of benzene rings is 1. The van der Waals surface area contributed by atoms with E-state index in [1.165, 1.54) is 0 Å². The number of nitrogens with one attached hydrogen (secondary N) is 2. The lowest BCUT2D eigenvalue weighted by atomic mass is 10.1. The fraction of sp³-hybridized carbons (Fsp3) is 0.292. The average Bonchev–Trinajstić information content (AvgIpc) is 3.48. The molecule has 1 saturated heterocycles. The van der Waals surface area contributed by atoms with Gasteiger partial charge in [-0.05, 0) is 31.2 Å². The van der Waals surface area contributed by atoms with E-state index >= 15 is 0 Å². The lowest BCUT2D eigenvalue weighted by molar-refractivity contribution is 0.0532. The Morgan fingerprint density at radius 2 is 2.03 bits per heavy atom. The van der Waals surface area contributed by atoms with Crippen molar-refractivity contribution in [2.75, 3.05) is 42.3 Å². The van der Waals surface area contributed by atoms with Gasteiger partial charge in [-0.1, -0.05) is 0 Å². The summed E-state index contributed by atoms with van der Waals surface area (Å²) in [5.41, 5.74) is 3.97. The number of nitrogens with zero attached hydrogens (tertiary/aromatic N) is 7. The Balaban J connectivity index is 1.41. The smallest absolute Gasteiger partial charge is 0.229 e. The van der Waals surface area contributed by atoms with Crippen LogP contribution in [-0.4, -0.2) is 62.8 Å². The van der Waals surface area contributed by atoms with Gasteiger partial charge in [-0.3, -0.25) is 4.68 Å². The van der Waals surface area contributed by atoms with Gasteiger partial charge in [0.05, 0.1) is 18.3 Å². The minimum atomic E-state index is 0.199. The second-order valence-electron chi connectivity index (χ2n) is 8.56. The van der Waals surface area contributed by atoms with Crippen LogP contribution in [0, 0.1) is 0 Å². The van der Waals surface area contributed by atoms with Crippen molar-refractivity contribution in [3.63, 3.8) is 0 Å². The molecule has 0 spiro atoms. The Labute approximate surface area is 201 Å². The lowest BCUT2D eigenvalue weighted by Crippen LogP contribution is -2.41. The predicted octanol–water partition coefficient (Wildman–Crippen LogP) is 3.58. The van der Waals surface area contributed by atoms with E-state index in [1.54, 1.807) is 17.9 Å². The molecule has 1 aromatic carbocycles. The monoisotopic (exact) mass is 471 g/mol. The molecular weight excluding hydrogens is 446 g/mol. The third kappa shape index (κ3) is 3.99. The molecule has 6 rings (SSSR count). The van der Waals surface area contributed by atoms with E-state index in [4.69, 9.17) is 14.1 Å². The third-order valence-corrected chi connectivity index (χ3v) is 6.05. The highest BCUT2D eigenvalue weighted by Gasteiger charge is 2.20. The number of ether oxygens (including phenoxy) is 1. The van der Waals surface area contributed by atoms with Crippen LogP contribution >= 0.6 is 0 Å². The largest absolute Gasteiger partial charge is 0.436 e. The molecule has 1 atom stereocenters. The van der Waals surface area contributed by atoms with Crippen molar-refractivity contribution >= 4 is 45.1 Å². The lowest BCUT2D eigenvalue weighted by Gasteiger charge is -2.32. The topological polar surface area (TPSA) is 119 Å². The van der Waals surface area contributed by atoms with Crippen molar-refractivity contribution < 1.29 is 9.15 Å². The molecule has 4 aromatic heterocycles. The van der Waals surface area contributed by atoms with Gasteiger partial charge < -0.3 is 24.7 Å². The minimum absolute atomic E-state index is 0.199. The van der Waals surface area contributed by atoms with Crippen molar-refractivity contribution in [1.82, 2.24) is 29.9 Å². The zero-order chi connectivity index (χ0) is 23.9. The number of morpholine rings is 1. The molecule has 0 aliphatic carbocycles. The normalized spacial score (nSPS) is 16.2. The molecule has 1 fully saturated rings. The van der Waals surface area contributed by atoms with Gasteiger partial charge in [-0.15, -0.1) is 10.2 Å². The molecule has 11 nitrogen and oxygen atoms in total. The van der Waals surface area contributed by atoms with E-state index in [2.05, 4.69) is 54.9 Å². The van der Waals surface area contributed by atoms with E-state index < -0.39 is 0 Å². The number of aryl methyl sites for hydroxylation is 1. The van der Waals surface area contributed by atoms with Gasteiger partial charge in [-0.25, -0.2) is 9.97 Å². The van der Waals surface area contributed by atoms with E-state index in [0.717, 1.165) is 35.2 Å². The van der Waals surface area contributed by atoms with E-state index in [9.17, 15) is 0 Å². The van der Waals surface area contributed by atoms with Gasteiger partial charge in [-0.2, -0.15) is 5.10 Å². The van der Waals surface area contributed by atoms with Crippen LogP contribution in [0.15, 0.2) is 47.1 Å². The molecule has 0 amide bonds. The number of aromatic nitrogens is 6. The van der Waals surface area contributed by atoms with Gasteiger partial charge in [0.15, 0.2) is 23.0 Å². The van der Waals surface area contributed by atoms with Crippen LogP contribution in [0.2, 0.25) is 0 Å². The van der Waals surface area contributed by atoms with Gasteiger partial charge >= 0.3 is 0 Å². The van der Waals surface area contributed by atoms with Crippen molar-refractivity contribution in [3.05, 3.63) is 42.7 Å². The maximum absolute atomic E-state index is 6.16. The molecule has 0 radical (unpaired) electrons. The Morgan fingerprint density at radius 3 is 2.83 bits per heavy atom. The molecule has 35 heavy (non-hydrogen) atoms. The summed E-state index contributed by atoms with van der Waals surface area (Å²) in [6, 6.07) is 9.87. The summed E-state index contributed by atoms with van der Waals surface area (Å²) < 4.78 is 13.6. The zero-order valence-electron chi connectivity index (χ0n) is 19.7. The number of fused-ring (bicyclic) bond motifs is 2. The highest BCUT2D eigenvalue weighted by molar-refractivity contribution is 5.99. The molecular formula is C24H25N9O2. The predicted molar refractivity (Wildman–Crippen MR) is 134 cm³/mol. The molecule has 11 heteroatoms. The molecule has 0 bridgehead atoms. The molecule has 0 unspecified atom stereocenters. The average molecular weight is 472 g/mol. The molecule has 0 saturated carbocycles. The Kier molecular flexibility index (Phi) is 5.18. The molecule has 178 valence electrons. The third-order valence-electron chi connectivity index (χ3n) is 6.05. The van der Waals surface area contributed by atoms with Crippen LogP contribution in [0.3, 0.4) is 0 Å². The summed E-state index contributed by atoms with van der Waals surface area (Å²) >= 11 is 0. The molecule has 1 aliphatic rings. The first-order valence-corrected chi connectivity index (χ1v) is 11.5. The number of hydrogen-bond acceptors (Lipinski definition) is 10. The molecule has 1 aliphatic heterocycles. The van der Waals surface area contributed by atoms with Crippen molar-refractivity contribution in [3.8, 4) is 11.5 Å². The number of pyridine rings is 1. The summed E-state index contributed by atoms with van der Waals surface area (Å²) in [6.07, 6.45) is 3.80. The Hall–Kier alpha value is -4.25. The number of rotatable bonds is 5. The van der Waals surface area contributed by atoms with Crippen LogP contribution in [0.1, 0.15) is 6.92 Å². The van der Waals surface area contributed by atoms with Crippen molar-refractivity contribution in [1.29, 1.82) is 0 Å². The van der Waals surface area contributed by atoms with Crippen LogP contribution in [0.4, 0.5) is 23.1 Å².